The summed E-state index contributed by atoms with van der Waals surface area (Å²) in [5.74, 6) is -4.70. The molecule has 0 unspecified atom stereocenters. The number of methoxy groups -OCH3 is 1. The Bertz CT molecular complexity index is 902. The summed E-state index contributed by atoms with van der Waals surface area (Å²) in [7, 11) is 1.17. The summed E-state index contributed by atoms with van der Waals surface area (Å²) >= 11 is 0. The molecule has 2 aliphatic heterocycles. The molecule has 10 nitrogen and oxygen atoms in total. The lowest BCUT2D eigenvalue weighted by molar-refractivity contribution is -0.175. The number of alkyl halides is 3. The van der Waals surface area contributed by atoms with Crippen LogP contribution in [0.15, 0.2) is 0 Å². The molecule has 0 aromatic heterocycles. The molecule has 0 aromatic rings. The van der Waals surface area contributed by atoms with Gasteiger partial charge in [-0.25, -0.2) is 0 Å². The Kier molecular flexibility index (Phi) is 7.12. The van der Waals surface area contributed by atoms with Crippen molar-refractivity contribution in [1.82, 2.24) is 20.9 Å². The number of nitrogens with one attached hydrogen (secondary N) is 3. The van der Waals surface area contributed by atoms with Crippen LogP contribution in [0.5, 0.6) is 0 Å². The number of halogens is 3. The van der Waals surface area contributed by atoms with Gasteiger partial charge in [0.15, 0.2) is 0 Å². The highest BCUT2D eigenvalue weighted by atomic mass is 19.4. The predicted molar refractivity (Wildman–Crippen MR) is 109 cm³/mol. The van der Waals surface area contributed by atoms with E-state index >= 15 is 0 Å². The number of amides is 4. The first-order valence-electron chi connectivity index (χ1n) is 11.0. The van der Waals surface area contributed by atoms with Gasteiger partial charge in [-0.15, -0.1) is 0 Å². The summed E-state index contributed by atoms with van der Waals surface area (Å²) in [5.41, 5.74) is -0.280. The molecule has 3 rings (SSSR count). The van der Waals surface area contributed by atoms with Crippen LogP contribution in [0, 0.1) is 34.5 Å². The largest absolute Gasteiger partial charge is 0.471 e. The van der Waals surface area contributed by atoms with E-state index in [2.05, 4.69) is 10.6 Å². The highest BCUT2D eigenvalue weighted by molar-refractivity contribution is 5.94. The molecule has 0 radical (unpaired) electrons. The Hall–Kier alpha value is -2.88. The number of hydrogen-bond donors (Lipinski definition) is 3. The molecule has 188 valence electrons. The highest BCUT2D eigenvalue weighted by Crippen LogP contribution is 2.64. The average Bonchev–Trinajstić information content (AvgIpc) is 3.12. The van der Waals surface area contributed by atoms with Gasteiger partial charge in [0.25, 0.3) is 0 Å². The van der Waals surface area contributed by atoms with Gasteiger partial charge in [0, 0.05) is 26.1 Å². The molecule has 1 saturated carbocycles. The second-order valence-corrected chi connectivity index (χ2v) is 9.57. The Balaban J connectivity index is 1.75. The van der Waals surface area contributed by atoms with Crippen molar-refractivity contribution in [3.05, 3.63) is 0 Å². The van der Waals surface area contributed by atoms with Gasteiger partial charge in [0.05, 0.1) is 12.7 Å². The molecule has 2 saturated heterocycles. The first-order valence-corrected chi connectivity index (χ1v) is 11.0. The van der Waals surface area contributed by atoms with E-state index in [9.17, 15) is 37.6 Å². The number of carbonyl (C=O) groups excluding carboxylic acids is 4. The monoisotopic (exact) mass is 487 g/mol. The Morgan fingerprint density at radius 1 is 1.32 bits per heavy atom. The number of nitriles is 1. The molecule has 2 heterocycles. The molecular formula is C21H28F3N5O5. The molecule has 13 heteroatoms. The topological polar surface area (TPSA) is 141 Å². The number of rotatable bonds is 8. The quantitative estimate of drug-likeness (QED) is 0.429. The van der Waals surface area contributed by atoms with Crippen molar-refractivity contribution in [2.45, 2.75) is 51.0 Å². The number of likely N-dealkylation sites (tertiary alicyclic amines) is 1. The van der Waals surface area contributed by atoms with Gasteiger partial charge in [-0.3, -0.25) is 19.2 Å². The van der Waals surface area contributed by atoms with E-state index in [0.29, 0.717) is 13.0 Å². The molecule has 0 aromatic carbocycles. The number of fused-ring (bicyclic) bond motifs is 1. The van der Waals surface area contributed by atoms with Crippen LogP contribution in [0.25, 0.3) is 0 Å². The third-order valence-electron chi connectivity index (χ3n) is 7.11. The van der Waals surface area contributed by atoms with Crippen LogP contribution in [-0.4, -0.2) is 79.6 Å². The van der Waals surface area contributed by atoms with Gasteiger partial charge >= 0.3 is 12.1 Å². The van der Waals surface area contributed by atoms with E-state index < -0.39 is 54.5 Å². The van der Waals surface area contributed by atoms with Crippen LogP contribution < -0.4 is 16.0 Å². The lowest BCUT2D eigenvalue weighted by Crippen LogP contribution is -2.59. The van der Waals surface area contributed by atoms with Crippen molar-refractivity contribution >= 4 is 23.6 Å². The minimum atomic E-state index is -5.19. The molecule has 34 heavy (non-hydrogen) atoms. The van der Waals surface area contributed by atoms with E-state index in [1.165, 1.54) is 7.11 Å². The standard InChI is InChI=1S/C21H28F3N5O5/c1-20(2)12-8-29(18(32)13(9-34-3)28-19(33)21(22,23)24)15(14(12)20)17(31)27-11(7-25)6-10-4-5-26-16(10)30/h10-15H,4-6,8-9H2,1-3H3,(H,26,30)(H,27,31)(H,28,33)/t10-,11-,12-,13-,14-,15-/m0/s1. The third kappa shape index (κ3) is 4.96. The lowest BCUT2D eigenvalue weighted by Gasteiger charge is -2.33. The highest BCUT2D eigenvalue weighted by Gasteiger charge is 2.69. The van der Waals surface area contributed by atoms with Crippen LogP contribution in [0.3, 0.4) is 0 Å². The molecule has 3 aliphatic rings. The summed E-state index contributed by atoms with van der Waals surface area (Å²) in [4.78, 5) is 50.8. The number of piperidine rings is 1. The fourth-order valence-electron chi connectivity index (χ4n) is 5.15. The zero-order valence-corrected chi connectivity index (χ0v) is 19.1. The molecular weight excluding hydrogens is 459 g/mol. The predicted octanol–water partition coefficient (Wildman–Crippen LogP) is -0.303. The van der Waals surface area contributed by atoms with Gasteiger partial charge < -0.3 is 25.6 Å². The number of nitrogens with zero attached hydrogens (tertiary/aromatic N) is 2. The van der Waals surface area contributed by atoms with Gasteiger partial charge in [0.1, 0.15) is 18.1 Å². The van der Waals surface area contributed by atoms with Crippen molar-refractivity contribution in [2.75, 3.05) is 26.8 Å². The third-order valence-corrected chi connectivity index (χ3v) is 7.11. The number of ether oxygens (including phenoxy) is 1. The van der Waals surface area contributed by atoms with Crippen LogP contribution in [0.4, 0.5) is 13.2 Å². The molecule has 6 atom stereocenters. The molecule has 1 aliphatic carbocycles. The molecule has 4 amide bonds. The molecule has 3 fully saturated rings. The Labute approximate surface area is 194 Å². The summed E-state index contributed by atoms with van der Waals surface area (Å²) in [6.07, 6.45) is -4.54. The van der Waals surface area contributed by atoms with E-state index in [1.54, 1.807) is 5.32 Å². The van der Waals surface area contributed by atoms with Gasteiger partial charge in [-0.05, 0) is 30.1 Å². The Morgan fingerprint density at radius 2 is 2.00 bits per heavy atom. The van der Waals surface area contributed by atoms with Crippen LogP contribution >= 0.6 is 0 Å². The van der Waals surface area contributed by atoms with Crippen molar-refractivity contribution < 1.29 is 37.1 Å². The van der Waals surface area contributed by atoms with Crippen molar-refractivity contribution in [3.8, 4) is 6.07 Å². The van der Waals surface area contributed by atoms with E-state index in [1.807, 2.05) is 19.9 Å². The maximum Gasteiger partial charge on any atom is 0.471 e. The fraction of sp³-hybridized carbons (Fsp3) is 0.762. The number of hydrogen-bond acceptors (Lipinski definition) is 6. The fourth-order valence-corrected chi connectivity index (χ4v) is 5.15. The lowest BCUT2D eigenvalue weighted by atomic mass is 9.97. The van der Waals surface area contributed by atoms with Gasteiger partial charge in [-0.2, -0.15) is 18.4 Å². The zero-order valence-electron chi connectivity index (χ0n) is 19.1. The minimum Gasteiger partial charge on any atom is -0.382 e. The maximum atomic E-state index is 13.2. The van der Waals surface area contributed by atoms with Crippen LogP contribution in [-0.2, 0) is 23.9 Å². The smallest absolute Gasteiger partial charge is 0.382 e. The van der Waals surface area contributed by atoms with Crippen LogP contribution in [0.1, 0.15) is 26.7 Å². The second kappa shape index (κ2) is 9.40. The van der Waals surface area contributed by atoms with Gasteiger partial charge in [0.2, 0.25) is 17.7 Å². The summed E-state index contributed by atoms with van der Waals surface area (Å²) < 4.78 is 43.1. The average molecular weight is 487 g/mol. The normalized spacial score (nSPS) is 28.9. The Morgan fingerprint density at radius 3 is 2.53 bits per heavy atom. The molecule has 0 spiro atoms. The summed E-state index contributed by atoms with van der Waals surface area (Å²) in [6, 6.07) is -1.67. The molecule has 0 bridgehead atoms. The van der Waals surface area contributed by atoms with Gasteiger partial charge in [-0.1, -0.05) is 13.8 Å². The number of carbonyl (C=O) groups is 4. The summed E-state index contributed by atoms with van der Waals surface area (Å²) in [5, 5.41) is 16.4. The van der Waals surface area contributed by atoms with E-state index in [4.69, 9.17) is 4.74 Å². The minimum absolute atomic E-state index is 0.0603. The first-order chi connectivity index (χ1) is 15.8. The maximum absolute atomic E-state index is 13.2. The van der Waals surface area contributed by atoms with Crippen molar-refractivity contribution in [1.29, 1.82) is 5.26 Å². The van der Waals surface area contributed by atoms with Crippen molar-refractivity contribution in [3.63, 3.8) is 0 Å². The second-order valence-electron chi connectivity index (χ2n) is 9.57. The van der Waals surface area contributed by atoms with Crippen LogP contribution in [0.2, 0.25) is 0 Å². The molecule has 3 N–H and O–H groups in total. The first kappa shape index (κ1) is 25.7. The van der Waals surface area contributed by atoms with E-state index in [-0.39, 0.29) is 36.1 Å². The SMILES string of the molecule is COC[C@H](NC(=O)C(F)(F)F)C(=O)N1C[C@H]2[C@@H]([C@H]1C(=O)N[C@H](C#N)C[C@@H]1CCNC1=O)C2(C)C. The summed E-state index contributed by atoms with van der Waals surface area (Å²) in [6.45, 7) is 3.95. The zero-order chi connectivity index (χ0) is 25.4. The van der Waals surface area contributed by atoms with Crippen molar-refractivity contribution in [2.24, 2.45) is 23.2 Å². The van der Waals surface area contributed by atoms with E-state index in [0.717, 1.165) is 4.90 Å².